The lowest BCUT2D eigenvalue weighted by Gasteiger charge is -2.11. The van der Waals surface area contributed by atoms with Crippen molar-refractivity contribution in [2.24, 2.45) is 0 Å². The van der Waals surface area contributed by atoms with Crippen LogP contribution in [0.1, 0.15) is 24.5 Å². The summed E-state index contributed by atoms with van der Waals surface area (Å²) in [6.07, 6.45) is -0.173. The number of benzene rings is 2. The molecule has 0 atom stereocenters. The second kappa shape index (κ2) is 8.68. The van der Waals surface area contributed by atoms with E-state index in [0.717, 1.165) is 11.1 Å². The summed E-state index contributed by atoms with van der Waals surface area (Å²) in [4.78, 5) is 23.2. The van der Waals surface area contributed by atoms with Crippen LogP contribution in [0.3, 0.4) is 0 Å². The molecule has 27 heavy (non-hydrogen) atoms. The summed E-state index contributed by atoms with van der Waals surface area (Å²) in [6.45, 7) is 5.15. The quantitative estimate of drug-likeness (QED) is 0.677. The molecule has 0 fully saturated rings. The lowest BCUT2D eigenvalue weighted by molar-refractivity contribution is -0.116. The SMILES string of the molecule is CC(=O)Nc1cccc(NS(=O)(=O)CCC(=O)Nc2cc(C)ccc2C)c1. The van der Waals surface area contributed by atoms with Crippen LogP contribution in [0.4, 0.5) is 17.1 Å². The van der Waals surface area contributed by atoms with Crippen LogP contribution in [0.2, 0.25) is 0 Å². The van der Waals surface area contributed by atoms with Crippen molar-refractivity contribution in [3.05, 3.63) is 53.6 Å². The summed E-state index contributed by atoms with van der Waals surface area (Å²) in [5.41, 5.74) is 3.38. The molecular weight excluding hydrogens is 366 g/mol. The summed E-state index contributed by atoms with van der Waals surface area (Å²) in [6, 6.07) is 12.0. The molecule has 0 saturated carbocycles. The molecule has 2 amide bonds. The average Bonchev–Trinajstić information content (AvgIpc) is 2.56. The Kier molecular flexibility index (Phi) is 6.57. The molecule has 2 rings (SSSR count). The number of anilines is 3. The Morgan fingerprint density at radius 1 is 0.963 bits per heavy atom. The first-order valence-corrected chi connectivity index (χ1v) is 10.0. The van der Waals surface area contributed by atoms with Crippen LogP contribution in [0.25, 0.3) is 0 Å². The highest BCUT2D eigenvalue weighted by Gasteiger charge is 2.14. The molecule has 0 aliphatic carbocycles. The molecule has 0 aliphatic heterocycles. The highest BCUT2D eigenvalue weighted by Crippen LogP contribution is 2.18. The van der Waals surface area contributed by atoms with Gasteiger partial charge in [-0.05, 0) is 49.2 Å². The molecule has 7 nitrogen and oxygen atoms in total. The Labute approximate surface area is 159 Å². The van der Waals surface area contributed by atoms with Gasteiger partial charge in [0.25, 0.3) is 0 Å². The Bertz CT molecular complexity index is 955. The van der Waals surface area contributed by atoms with Crippen LogP contribution in [-0.4, -0.2) is 26.0 Å². The zero-order chi connectivity index (χ0) is 20.0. The highest BCUT2D eigenvalue weighted by atomic mass is 32.2. The van der Waals surface area contributed by atoms with Crippen LogP contribution >= 0.6 is 0 Å². The van der Waals surface area contributed by atoms with Crippen molar-refractivity contribution < 1.29 is 18.0 Å². The normalized spacial score (nSPS) is 10.9. The van der Waals surface area contributed by atoms with Gasteiger partial charge in [-0.3, -0.25) is 14.3 Å². The highest BCUT2D eigenvalue weighted by molar-refractivity contribution is 7.92. The number of aryl methyl sites for hydroxylation is 2. The standard InChI is InChI=1S/C19H23N3O4S/c1-13-7-8-14(2)18(11-13)21-19(24)9-10-27(25,26)22-17-6-4-5-16(12-17)20-15(3)23/h4-8,11-12,22H,9-10H2,1-3H3,(H,20,23)(H,21,24). The van der Waals surface area contributed by atoms with Crippen molar-refractivity contribution in [3.8, 4) is 0 Å². The van der Waals surface area contributed by atoms with Crippen LogP contribution in [0.15, 0.2) is 42.5 Å². The van der Waals surface area contributed by atoms with E-state index in [2.05, 4.69) is 15.4 Å². The van der Waals surface area contributed by atoms with E-state index >= 15 is 0 Å². The minimum atomic E-state index is -3.71. The number of hydrogen-bond donors (Lipinski definition) is 3. The van der Waals surface area contributed by atoms with E-state index in [0.29, 0.717) is 17.1 Å². The van der Waals surface area contributed by atoms with Gasteiger partial charge in [-0.1, -0.05) is 18.2 Å². The molecule has 0 saturated heterocycles. The molecule has 2 aromatic carbocycles. The third-order valence-corrected chi connectivity index (χ3v) is 5.01. The van der Waals surface area contributed by atoms with Gasteiger partial charge in [0.1, 0.15) is 0 Å². The maximum atomic E-state index is 12.2. The molecule has 0 radical (unpaired) electrons. The van der Waals surface area contributed by atoms with Gasteiger partial charge in [0.2, 0.25) is 21.8 Å². The van der Waals surface area contributed by atoms with E-state index in [1.54, 1.807) is 18.2 Å². The van der Waals surface area contributed by atoms with Crippen molar-refractivity contribution in [3.63, 3.8) is 0 Å². The molecule has 0 aromatic heterocycles. The third-order valence-electron chi connectivity index (χ3n) is 3.72. The zero-order valence-corrected chi connectivity index (χ0v) is 16.3. The summed E-state index contributed by atoms with van der Waals surface area (Å²) in [7, 11) is -3.71. The zero-order valence-electron chi connectivity index (χ0n) is 15.5. The van der Waals surface area contributed by atoms with Crippen LogP contribution in [0, 0.1) is 13.8 Å². The molecule has 0 aliphatic rings. The Hall–Kier alpha value is -2.87. The molecule has 0 bridgehead atoms. The van der Waals surface area contributed by atoms with E-state index < -0.39 is 10.0 Å². The number of rotatable bonds is 7. The largest absolute Gasteiger partial charge is 0.326 e. The average molecular weight is 389 g/mol. The van der Waals surface area contributed by atoms with Crippen LogP contribution < -0.4 is 15.4 Å². The van der Waals surface area contributed by atoms with Gasteiger partial charge >= 0.3 is 0 Å². The first-order valence-electron chi connectivity index (χ1n) is 8.40. The fourth-order valence-corrected chi connectivity index (χ4v) is 3.45. The minimum Gasteiger partial charge on any atom is -0.326 e. The summed E-state index contributed by atoms with van der Waals surface area (Å²) < 4.78 is 26.9. The fraction of sp³-hybridized carbons (Fsp3) is 0.263. The lowest BCUT2D eigenvalue weighted by Crippen LogP contribution is -2.22. The number of sulfonamides is 1. The number of carbonyl (C=O) groups is 2. The molecule has 0 unspecified atom stereocenters. The second-order valence-electron chi connectivity index (χ2n) is 6.30. The van der Waals surface area contributed by atoms with Gasteiger partial charge in [0, 0.05) is 24.7 Å². The van der Waals surface area contributed by atoms with E-state index in [-0.39, 0.29) is 24.0 Å². The first-order chi connectivity index (χ1) is 12.6. The van der Waals surface area contributed by atoms with E-state index in [9.17, 15) is 18.0 Å². The van der Waals surface area contributed by atoms with Crippen molar-refractivity contribution in [2.45, 2.75) is 27.2 Å². The van der Waals surface area contributed by atoms with Gasteiger partial charge in [-0.15, -0.1) is 0 Å². The van der Waals surface area contributed by atoms with Crippen molar-refractivity contribution in [2.75, 3.05) is 21.1 Å². The van der Waals surface area contributed by atoms with Crippen molar-refractivity contribution in [1.29, 1.82) is 0 Å². The molecule has 144 valence electrons. The maximum absolute atomic E-state index is 12.2. The second-order valence-corrected chi connectivity index (χ2v) is 8.14. The fourth-order valence-electron chi connectivity index (χ4n) is 2.40. The van der Waals surface area contributed by atoms with Gasteiger partial charge in [-0.25, -0.2) is 8.42 Å². The summed E-state index contributed by atoms with van der Waals surface area (Å²) in [5.74, 6) is -0.979. The first kappa shape index (κ1) is 20.4. The van der Waals surface area contributed by atoms with E-state index in [4.69, 9.17) is 0 Å². The summed E-state index contributed by atoms with van der Waals surface area (Å²) >= 11 is 0. The third kappa shape index (κ3) is 6.74. The minimum absolute atomic E-state index is 0.173. The topological polar surface area (TPSA) is 104 Å². The molecule has 3 N–H and O–H groups in total. The monoisotopic (exact) mass is 389 g/mol. The van der Waals surface area contributed by atoms with Gasteiger partial charge in [0.15, 0.2) is 0 Å². The molecule has 8 heteroatoms. The molecular formula is C19H23N3O4S. The Balaban J connectivity index is 1.95. The number of amides is 2. The lowest BCUT2D eigenvalue weighted by atomic mass is 10.1. The molecule has 0 heterocycles. The Morgan fingerprint density at radius 3 is 2.37 bits per heavy atom. The van der Waals surface area contributed by atoms with Gasteiger partial charge in [0.05, 0.1) is 11.4 Å². The molecule has 2 aromatic rings. The van der Waals surface area contributed by atoms with Crippen LogP contribution in [0.5, 0.6) is 0 Å². The van der Waals surface area contributed by atoms with Crippen LogP contribution in [-0.2, 0) is 19.6 Å². The van der Waals surface area contributed by atoms with E-state index in [1.165, 1.54) is 13.0 Å². The predicted octanol–water partition coefficient (Wildman–Crippen LogP) is 3.03. The van der Waals surface area contributed by atoms with Crippen molar-refractivity contribution >= 4 is 38.9 Å². The maximum Gasteiger partial charge on any atom is 0.233 e. The van der Waals surface area contributed by atoms with Gasteiger partial charge in [-0.2, -0.15) is 0 Å². The van der Waals surface area contributed by atoms with Gasteiger partial charge < -0.3 is 10.6 Å². The number of hydrogen-bond acceptors (Lipinski definition) is 4. The predicted molar refractivity (Wildman–Crippen MR) is 107 cm³/mol. The number of nitrogens with one attached hydrogen (secondary N) is 3. The summed E-state index contributed by atoms with van der Waals surface area (Å²) in [5, 5.41) is 5.32. The van der Waals surface area contributed by atoms with Crippen molar-refractivity contribution in [1.82, 2.24) is 0 Å². The number of carbonyl (C=O) groups excluding carboxylic acids is 2. The molecule has 0 spiro atoms. The van der Waals surface area contributed by atoms with E-state index in [1.807, 2.05) is 32.0 Å². The Morgan fingerprint density at radius 2 is 1.67 bits per heavy atom. The smallest absolute Gasteiger partial charge is 0.233 e.